The molecule has 1 aromatic heterocycles. The minimum absolute atomic E-state index is 0.824. The summed E-state index contributed by atoms with van der Waals surface area (Å²) >= 11 is 0. The van der Waals surface area contributed by atoms with Crippen molar-refractivity contribution in [3.05, 3.63) is 47.8 Å². The van der Waals surface area contributed by atoms with Crippen molar-refractivity contribution < 1.29 is 0 Å². The van der Waals surface area contributed by atoms with E-state index in [2.05, 4.69) is 48.1 Å². The zero-order valence-electron chi connectivity index (χ0n) is 12.6. The number of rotatable bonds is 7. The first-order valence-corrected chi connectivity index (χ1v) is 7.73. The first kappa shape index (κ1) is 14.7. The number of hydrogen-bond donors (Lipinski definition) is 0. The van der Waals surface area contributed by atoms with E-state index < -0.39 is 0 Å². The molecule has 0 aliphatic heterocycles. The molecule has 0 bridgehead atoms. The Balaban J connectivity index is 1.96. The quantitative estimate of drug-likeness (QED) is 0.672. The molecule has 0 unspecified atom stereocenters. The summed E-state index contributed by atoms with van der Waals surface area (Å²) in [6, 6.07) is 8.51. The summed E-state index contributed by atoms with van der Waals surface area (Å²) in [6.07, 6.45) is 11.3. The second-order valence-corrected chi connectivity index (χ2v) is 5.28. The third-order valence-electron chi connectivity index (χ3n) is 3.64. The molecule has 1 aromatic carbocycles. The Hall–Kier alpha value is -1.70. The Kier molecular flexibility index (Phi) is 5.72. The minimum Gasteiger partial charge on any atom is -0.236 e. The second-order valence-electron chi connectivity index (χ2n) is 5.28. The Bertz CT molecular complexity index is 500. The lowest BCUT2D eigenvalue weighted by Gasteiger charge is -2.04. The van der Waals surface area contributed by atoms with Crippen molar-refractivity contribution in [3.8, 4) is 11.4 Å². The first-order valence-electron chi connectivity index (χ1n) is 7.73. The van der Waals surface area contributed by atoms with E-state index in [1.807, 2.05) is 12.4 Å². The summed E-state index contributed by atoms with van der Waals surface area (Å²) < 4.78 is 0. The van der Waals surface area contributed by atoms with Crippen LogP contribution in [0.2, 0.25) is 0 Å². The van der Waals surface area contributed by atoms with Crippen LogP contribution in [0.15, 0.2) is 36.7 Å². The summed E-state index contributed by atoms with van der Waals surface area (Å²) in [5, 5.41) is 0. The van der Waals surface area contributed by atoms with E-state index in [1.165, 1.54) is 36.8 Å². The van der Waals surface area contributed by atoms with Gasteiger partial charge in [0.25, 0.3) is 0 Å². The van der Waals surface area contributed by atoms with Crippen molar-refractivity contribution in [3.63, 3.8) is 0 Å². The minimum atomic E-state index is 0.824. The maximum Gasteiger partial charge on any atom is 0.159 e. The van der Waals surface area contributed by atoms with Gasteiger partial charge in [-0.3, -0.25) is 0 Å². The molecule has 0 spiro atoms. The average Bonchev–Trinajstić information content (AvgIpc) is 2.52. The fourth-order valence-electron chi connectivity index (χ4n) is 2.28. The molecular formula is C18H24N2. The molecule has 0 amide bonds. The Morgan fingerprint density at radius 1 is 0.800 bits per heavy atom. The summed E-state index contributed by atoms with van der Waals surface area (Å²) in [4.78, 5) is 8.98. The number of hydrogen-bond acceptors (Lipinski definition) is 2. The van der Waals surface area contributed by atoms with Crippen LogP contribution in [0.5, 0.6) is 0 Å². The van der Waals surface area contributed by atoms with E-state index in [-0.39, 0.29) is 0 Å². The van der Waals surface area contributed by atoms with Crippen molar-refractivity contribution in [2.75, 3.05) is 0 Å². The molecule has 0 fully saturated rings. The molecule has 2 aromatic rings. The highest BCUT2D eigenvalue weighted by atomic mass is 14.9. The predicted molar refractivity (Wildman–Crippen MR) is 84.7 cm³/mol. The van der Waals surface area contributed by atoms with Crippen LogP contribution in [-0.4, -0.2) is 9.97 Å². The topological polar surface area (TPSA) is 25.8 Å². The van der Waals surface area contributed by atoms with Crippen LogP contribution in [-0.2, 0) is 12.8 Å². The zero-order chi connectivity index (χ0) is 14.2. The van der Waals surface area contributed by atoms with Crippen molar-refractivity contribution in [2.24, 2.45) is 0 Å². The summed E-state index contributed by atoms with van der Waals surface area (Å²) in [7, 11) is 0. The number of benzene rings is 1. The molecule has 2 nitrogen and oxygen atoms in total. The van der Waals surface area contributed by atoms with Gasteiger partial charge in [0.2, 0.25) is 0 Å². The molecule has 1 heterocycles. The summed E-state index contributed by atoms with van der Waals surface area (Å²) in [6.45, 7) is 4.40. The summed E-state index contributed by atoms with van der Waals surface area (Å²) in [5.74, 6) is 0.824. The molecule has 0 radical (unpaired) electrons. The summed E-state index contributed by atoms with van der Waals surface area (Å²) in [5.41, 5.74) is 3.69. The molecule has 2 heteroatoms. The Morgan fingerprint density at radius 3 is 2.10 bits per heavy atom. The highest BCUT2D eigenvalue weighted by Gasteiger charge is 2.01. The standard InChI is InChI=1S/C18H24N2/c1-3-5-6-7-8-16-13-19-18(20-14-16)17-11-9-15(4-2)10-12-17/h9-14H,3-8H2,1-2H3. The van der Waals surface area contributed by atoms with E-state index in [0.29, 0.717) is 0 Å². The highest BCUT2D eigenvalue weighted by molar-refractivity contribution is 5.55. The van der Waals surface area contributed by atoms with E-state index in [9.17, 15) is 0 Å². The molecule has 0 aliphatic carbocycles. The molecule has 0 N–H and O–H groups in total. The van der Waals surface area contributed by atoms with E-state index in [0.717, 1.165) is 24.2 Å². The maximum absolute atomic E-state index is 4.49. The van der Waals surface area contributed by atoms with Crippen molar-refractivity contribution in [2.45, 2.75) is 52.4 Å². The van der Waals surface area contributed by atoms with E-state index >= 15 is 0 Å². The lowest BCUT2D eigenvalue weighted by atomic mass is 10.1. The first-order chi connectivity index (χ1) is 9.83. The molecule has 0 atom stereocenters. The van der Waals surface area contributed by atoms with Crippen molar-refractivity contribution in [1.82, 2.24) is 9.97 Å². The van der Waals surface area contributed by atoms with Crippen molar-refractivity contribution in [1.29, 1.82) is 0 Å². The fourth-order valence-corrected chi connectivity index (χ4v) is 2.28. The van der Waals surface area contributed by atoms with Gasteiger partial charge in [-0.2, -0.15) is 0 Å². The Morgan fingerprint density at radius 2 is 1.50 bits per heavy atom. The monoisotopic (exact) mass is 268 g/mol. The van der Waals surface area contributed by atoms with Gasteiger partial charge >= 0.3 is 0 Å². The average molecular weight is 268 g/mol. The smallest absolute Gasteiger partial charge is 0.159 e. The third kappa shape index (κ3) is 4.16. The number of aromatic nitrogens is 2. The fraction of sp³-hybridized carbons (Fsp3) is 0.444. The van der Waals surface area contributed by atoms with Crippen LogP contribution in [0, 0.1) is 0 Å². The largest absolute Gasteiger partial charge is 0.236 e. The molecule has 2 rings (SSSR count). The normalized spacial score (nSPS) is 10.7. The molecule has 0 saturated heterocycles. The van der Waals surface area contributed by atoms with Crippen molar-refractivity contribution >= 4 is 0 Å². The van der Waals surface area contributed by atoms with Gasteiger partial charge in [-0.15, -0.1) is 0 Å². The molecule has 0 aliphatic rings. The number of aryl methyl sites for hydroxylation is 2. The van der Waals surface area contributed by atoms with Gasteiger partial charge in [0.15, 0.2) is 5.82 Å². The van der Waals surface area contributed by atoms with Gasteiger partial charge in [-0.1, -0.05) is 57.4 Å². The van der Waals surface area contributed by atoms with E-state index in [4.69, 9.17) is 0 Å². The van der Waals surface area contributed by atoms with Crippen LogP contribution < -0.4 is 0 Å². The third-order valence-corrected chi connectivity index (χ3v) is 3.64. The SMILES string of the molecule is CCCCCCc1cnc(-c2ccc(CC)cc2)nc1. The van der Waals surface area contributed by atoms with Crippen LogP contribution in [0.1, 0.15) is 50.7 Å². The lowest BCUT2D eigenvalue weighted by Crippen LogP contribution is -1.93. The maximum atomic E-state index is 4.49. The number of nitrogens with zero attached hydrogens (tertiary/aromatic N) is 2. The van der Waals surface area contributed by atoms with Crippen LogP contribution >= 0.6 is 0 Å². The van der Waals surface area contributed by atoms with Gasteiger partial charge < -0.3 is 0 Å². The van der Waals surface area contributed by atoms with E-state index in [1.54, 1.807) is 0 Å². The predicted octanol–water partition coefficient (Wildman–Crippen LogP) is 4.83. The van der Waals surface area contributed by atoms with Gasteiger partial charge in [0, 0.05) is 18.0 Å². The number of unbranched alkanes of at least 4 members (excludes halogenated alkanes) is 3. The molecule has 20 heavy (non-hydrogen) atoms. The highest BCUT2D eigenvalue weighted by Crippen LogP contribution is 2.16. The second kappa shape index (κ2) is 7.78. The lowest BCUT2D eigenvalue weighted by molar-refractivity contribution is 0.665. The van der Waals surface area contributed by atoms with Crippen LogP contribution in [0.3, 0.4) is 0 Å². The van der Waals surface area contributed by atoms with Crippen LogP contribution in [0.4, 0.5) is 0 Å². The Labute approximate surface area is 122 Å². The zero-order valence-corrected chi connectivity index (χ0v) is 12.6. The van der Waals surface area contributed by atoms with Gasteiger partial charge in [0.1, 0.15) is 0 Å². The van der Waals surface area contributed by atoms with Gasteiger partial charge in [-0.05, 0) is 30.4 Å². The molecule has 106 valence electrons. The molecular weight excluding hydrogens is 244 g/mol. The molecule has 0 saturated carbocycles. The van der Waals surface area contributed by atoms with Gasteiger partial charge in [0.05, 0.1) is 0 Å². The van der Waals surface area contributed by atoms with Crippen LogP contribution in [0.25, 0.3) is 11.4 Å². The van der Waals surface area contributed by atoms with Gasteiger partial charge in [-0.25, -0.2) is 9.97 Å².